The van der Waals surface area contributed by atoms with Crippen LogP contribution < -0.4 is 18.9 Å². The predicted octanol–water partition coefficient (Wildman–Crippen LogP) is 3.87. The number of nitrogens with zero attached hydrogens (tertiary/aromatic N) is 3. The topological polar surface area (TPSA) is 131 Å². The Morgan fingerprint density at radius 1 is 1.16 bits per heavy atom. The summed E-state index contributed by atoms with van der Waals surface area (Å²) in [7, 11) is 3.55. The van der Waals surface area contributed by atoms with Gasteiger partial charge in [0.05, 0.1) is 36.4 Å². The highest BCUT2D eigenvalue weighted by Crippen LogP contribution is 2.64. The van der Waals surface area contributed by atoms with E-state index < -0.39 is 18.1 Å². The lowest BCUT2D eigenvalue weighted by Gasteiger charge is -2.61. The molecule has 5 aliphatic heterocycles. The number of thioether (sulfide) groups is 1. The monoisotopic (exact) mass is 621 g/mol. The van der Waals surface area contributed by atoms with Crippen molar-refractivity contribution < 1.29 is 38.4 Å². The second-order valence-electron chi connectivity index (χ2n) is 12.3. The number of phenolic OH excluding ortho intramolecular Hbond substituents is 1. The Bertz CT molecular complexity index is 1640. The van der Waals surface area contributed by atoms with Crippen LogP contribution in [-0.4, -0.2) is 78.3 Å². The Kier molecular flexibility index (Phi) is 6.91. The van der Waals surface area contributed by atoms with E-state index in [0.717, 1.165) is 22.3 Å². The van der Waals surface area contributed by atoms with Crippen molar-refractivity contribution in [1.29, 1.82) is 5.26 Å². The second-order valence-corrected chi connectivity index (χ2v) is 13.5. The molecule has 11 nitrogen and oxygen atoms in total. The molecule has 2 fully saturated rings. The summed E-state index contributed by atoms with van der Waals surface area (Å²) < 4.78 is 29.6. The van der Waals surface area contributed by atoms with Gasteiger partial charge in [-0.15, -0.1) is 0 Å². The summed E-state index contributed by atoms with van der Waals surface area (Å²) in [4.78, 5) is 30.0. The van der Waals surface area contributed by atoms with Crippen molar-refractivity contribution in [2.24, 2.45) is 5.92 Å². The number of esters is 2. The number of cyclic esters (lactones) is 1. The number of likely N-dealkylation sites (N-methyl/N-ethyl adjacent to an activating group) is 1. The number of nitriles is 1. The minimum Gasteiger partial charge on any atom is -0.504 e. The molecule has 44 heavy (non-hydrogen) atoms. The lowest BCUT2D eigenvalue weighted by atomic mass is 9.71. The molecule has 2 unspecified atom stereocenters. The number of hydrogen-bond acceptors (Lipinski definition) is 12. The third-order valence-corrected chi connectivity index (χ3v) is 11.4. The highest BCUT2D eigenvalue weighted by Gasteiger charge is 2.60. The van der Waals surface area contributed by atoms with Crippen LogP contribution in [-0.2, 0) is 20.7 Å². The maximum atomic E-state index is 13.1. The van der Waals surface area contributed by atoms with Gasteiger partial charge in [0.1, 0.15) is 18.4 Å². The number of aromatic hydroxyl groups is 1. The van der Waals surface area contributed by atoms with Crippen molar-refractivity contribution in [2.45, 2.75) is 69.6 Å². The molecule has 2 saturated heterocycles. The number of carbonyl (C=O) groups excluding carboxylic acids is 2. The molecule has 4 bridgehead atoms. The van der Waals surface area contributed by atoms with Gasteiger partial charge in [0.15, 0.2) is 23.0 Å². The minimum atomic E-state index is -0.606. The number of aryl methyl sites for hydroxylation is 1. The highest BCUT2D eigenvalue weighted by atomic mass is 32.2. The Morgan fingerprint density at radius 3 is 2.61 bits per heavy atom. The molecule has 0 saturated carbocycles. The number of benzene rings is 2. The largest absolute Gasteiger partial charge is 0.504 e. The molecular formula is C32H35N3O8S. The molecule has 5 aliphatic rings. The van der Waals surface area contributed by atoms with E-state index in [-0.39, 0.29) is 54.4 Å². The Morgan fingerprint density at radius 2 is 1.91 bits per heavy atom. The number of rotatable bonds is 2. The van der Waals surface area contributed by atoms with Gasteiger partial charge in [-0.25, -0.2) is 0 Å². The van der Waals surface area contributed by atoms with E-state index >= 15 is 0 Å². The smallest absolute Gasteiger partial charge is 0.309 e. The number of fused-ring (bicyclic) bond motifs is 9. The van der Waals surface area contributed by atoms with E-state index in [9.17, 15) is 20.0 Å². The van der Waals surface area contributed by atoms with Gasteiger partial charge < -0.3 is 28.8 Å². The number of piperazine rings is 1. The third-order valence-electron chi connectivity index (χ3n) is 9.86. The second kappa shape index (κ2) is 10.5. The highest BCUT2D eigenvalue weighted by molar-refractivity contribution is 7.99. The van der Waals surface area contributed by atoms with Gasteiger partial charge in [0, 0.05) is 47.0 Å². The summed E-state index contributed by atoms with van der Waals surface area (Å²) in [5.41, 5.74) is 4.70. The average molecular weight is 622 g/mol. The van der Waals surface area contributed by atoms with E-state index in [0.29, 0.717) is 46.3 Å². The molecule has 2 aromatic carbocycles. The third kappa shape index (κ3) is 3.95. The maximum Gasteiger partial charge on any atom is 0.309 e. The zero-order valence-corrected chi connectivity index (χ0v) is 26.3. The maximum absolute atomic E-state index is 13.1. The molecular weight excluding hydrogens is 586 g/mol. The van der Waals surface area contributed by atoms with Crippen LogP contribution in [0.4, 0.5) is 0 Å². The molecule has 1 N–H and O–H groups in total. The summed E-state index contributed by atoms with van der Waals surface area (Å²) in [6.45, 7) is 6.93. The first kappa shape index (κ1) is 29.1. The van der Waals surface area contributed by atoms with Crippen LogP contribution >= 0.6 is 11.8 Å². The van der Waals surface area contributed by atoms with Crippen molar-refractivity contribution in [1.82, 2.24) is 9.80 Å². The molecule has 232 valence electrons. The van der Waals surface area contributed by atoms with Gasteiger partial charge in [0.25, 0.3) is 0 Å². The summed E-state index contributed by atoms with van der Waals surface area (Å²) in [5.74, 6) is 1.17. The lowest BCUT2D eigenvalue weighted by molar-refractivity contribution is -0.153. The predicted molar refractivity (Wildman–Crippen MR) is 159 cm³/mol. The van der Waals surface area contributed by atoms with E-state index in [4.69, 9.17) is 23.7 Å². The molecule has 12 heteroatoms. The van der Waals surface area contributed by atoms with E-state index in [2.05, 4.69) is 21.9 Å². The summed E-state index contributed by atoms with van der Waals surface area (Å²) in [6, 6.07) is 2.50. The Balaban J connectivity index is 1.56. The van der Waals surface area contributed by atoms with Gasteiger partial charge in [-0.05, 0) is 38.4 Å². The zero-order chi connectivity index (χ0) is 31.2. The first-order valence-corrected chi connectivity index (χ1v) is 15.8. The quantitative estimate of drug-likeness (QED) is 0.386. The van der Waals surface area contributed by atoms with Gasteiger partial charge in [-0.1, -0.05) is 13.0 Å². The SMILES string of the molecule is COc1c(C)cc2c(c1O)C1C3[C@@H]4SC[C@H](C)C(=O)OC[C@@H](c5c6c(c(C)c(OC(C)=O)c54)OCO6)N3[C@@H](C#N)[C@@H](C2)N1C. The summed E-state index contributed by atoms with van der Waals surface area (Å²) in [5, 5.41) is 22.2. The van der Waals surface area contributed by atoms with Gasteiger partial charge >= 0.3 is 11.9 Å². The fourth-order valence-electron chi connectivity index (χ4n) is 8.06. The van der Waals surface area contributed by atoms with E-state index in [1.807, 2.05) is 27.8 Å². The van der Waals surface area contributed by atoms with Crippen LogP contribution in [0.25, 0.3) is 0 Å². The molecule has 0 aliphatic carbocycles. The number of hydrogen-bond donors (Lipinski definition) is 1. The normalized spacial score (nSPS) is 30.4. The fourth-order valence-corrected chi connectivity index (χ4v) is 9.58. The molecule has 0 aromatic heterocycles. The van der Waals surface area contributed by atoms with E-state index in [1.54, 1.807) is 18.9 Å². The standard InChI is InChI=1S/C32H35N3O8S/c1-13-7-17-8-18-19(9-33)35-20-10-40-32(38)14(2)11-44-31(25(35)24(34(18)5)21(17)26(37)27(13)39-6)23-22(20)30-29(41-12-42-30)15(3)28(23)43-16(4)36/h7,14,18-20,24-25,31,37H,8,10-12H2,1-6H3/t14-,18+,19-,20-,24?,25?,31+/m0/s1. The molecule has 2 aromatic rings. The number of carbonyl (C=O) groups is 2. The van der Waals surface area contributed by atoms with Crippen molar-refractivity contribution in [3.63, 3.8) is 0 Å². The van der Waals surface area contributed by atoms with Crippen LogP contribution in [0.5, 0.6) is 28.7 Å². The molecule has 0 spiro atoms. The lowest BCUT2D eigenvalue weighted by Crippen LogP contribution is -2.69. The first-order valence-electron chi connectivity index (χ1n) is 14.8. The Hall–Kier alpha value is -3.66. The van der Waals surface area contributed by atoms with Crippen LogP contribution in [0.1, 0.15) is 64.6 Å². The van der Waals surface area contributed by atoms with Crippen LogP contribution in [0.15, 0.2) is 6.07 Å². The van der Waals surface area contributed by atoms with Gasteiger partial charge in [0.2, 0.25) is 6.79 Å². The fraction of sp³-hybridized carbons (Fsp3) is 0.531. The van der Waals surface area contributed by atoms with Crippen molar-refractivity contribution >= 4 is 23.7 Å². The molecule has 0 amide bonds. The number of ether oxygens (including phenoxy) is 5. The number of methoxy groups -OCH3 is 1. The molecule has 7 rings (SSSR count). The Labute approximate surface area is 259 Å². The minimum absolute atomic E-state index is 0.00697. The van der Waals surface area contributed by atoms with Crippen molar-refractivity contribution in [2.75, 3.05) is 33.3 Å². The molecule has 7 atom stereocenters. The van der Waals surface area contributed by atoms with Crippen LogP contribution in [0, 0.1) is 31.1 Å². The van der Waals surface area contributed by atoms with Gasteiger partial charge in [-0.3, -0.25) is 19.4 Å². The first-order chi connectivity index (χ1) is 21.1. The van der Waals surface area contributed by atoms with Crippen LogP contribution in [0.3, 0.4) is 0 Å². The van der Waals surface area contributed by atoms with Crippen molar-refractivity contribution in [3.05, 3.63) is 39.4 Å². The van der Waals surface area contributed by atoms with E-state index in [1.165, 1.54) is 6.92 Å². The molecule has 0 radical (unpaired) electrons. The van der Waals surface area contributed by atoms with Crippen LogP contribution in [0.2, 0.25) is 0 Å². The average Bonchev–Trinajstić information content (AvgIpc) is 3.47. The molecule has 5 heterocycles. The zero-order valence-electron chi connectivity index (χ0n) is 25.5. The van der Waals surface area contributed by atoms with Gasteiger partial charge in [-0.2, -0.15) is 17.0 Å². The number of phenols is 1. The van der Waals surface area contributed by atoms with Crippen molar-refractivity contribution in [3.8, 4) is 34.8 Å². The summed E-state index contributed by atoms with van der Waals surface area (Å²) in [6.07, 6.45) is 0.542. The summed E-state index contributed by atoms with van der Waals surface area (Å²) >= 11 is 1.57.